The molecular weight excluding hydrogens is 442 g/mol. The van der Waals surface area contributed by atoms with E-state index < -0.39 is 5.41 Å². The predicted octanol–water partition coefficient (Wildman–Crippen LogP) is 4.67. The van der Waals surface area contributed by atoms with Crippen molar-refractivity contribution in [2.75, 3.05) is 32.3 Å². The minimum absolute atomic E-state index is 0.0302. The van der Waals surface area contributed by atoms with Crippen molar-refractivity contribution in [2.45, 2.75) is 37.1 Å². The van der Waals surface area contributed by atoms with E-state index in [-0.39, 0.29) is 18.7 Å². The normalized spacial score (nSPS) is 18.8. The second-order valence-electron chi connectivity index (χ2n) is 9.47. The molecule has 1 amide bonds. The summed E-state index contributed by atoms with van der Waals surface area (Å²) in [5.74, 6) is 2.84. The lowest BCUT2D eigenvalue weighted by atomic mass is 9.94. The van der Waals surface area contributed by atoms with Crippen molar-refractivity contribution in [1.82, 2.24) is 9.88 Å². The topological polar surface area (TPSA) is 72.9 Å². The van der Waals surface area contributed by atoms with Gasteiger partial charge in [0.25, 0.3) is 0 Å². The SMILES string of the molecule is COc1ccccc1C(c1ccc(NC(=O)C2(c3ccc4c(c3)OCO4)CC2)nc1)N1CCCC1. The summed E-state index contributed by atoms with van der Waals surface area (Å²) in [6.07, 6.45) is 5.87. The van der Waals surface area contributed by atoms with E-state index in [4.69, 9.17) is 14.2 Å². The number of benzene rings is 2. The highest BCUT2D eigenvalue weighted by atomic mass is 16.7. The maximum Gasteiger partial charge on any atom is 0.236 e. The fourth-order valence-electron chi connectivity index (χ4n) is 5.32. The molecule has 2 aromatic carbocycles. The van der Waals surface area contributed by atoms with Crippen LogP contribution in [0, 0.1) is 0 Å². The molecule has 0 spiro atoms. The molecule has 1 saturated carbocycles. The highest BCUT2D eigenvalue weighted by Gasteiger charge is 2.51. The Morgan fingerprint density at radius 1 is 1.06 bits per heavy atom. The first-order valence-electron chi connectivity index (χ1n) is 12.2. The number of hydrogen-bond donors (Lipinski definition) is 1. The maximum atomic E-state index is 13.3. The van der Waals surface area contributed by atoms with Crippen LogP contribution in [0.5, 0.6) is 17.2 Å². The maximum absolute atomic E-state index is 13.3. The first kappa shape index (κ1) is 21.9. The molecule has 1 aliphatic carbocycles. The van der Waals surface area contributed by atoms with Crippen molar-refractivity contribution in [3.05, 3.63) is 77.5 Å². The van der Waals surface area contributed by atoms with Crippen LogP contribution in [0.1, 0.15) is 48.4 Å². The number of nitrogens with zero attached hydrogens (tertiary/aromatic N) is 2. The van der Waals surface area contributed by atoms with Crippen molar-refractivity contribution in [1.29, 1.82) is 0 Å². The van der Waals surface area contributed by atoms with Gasteiger partial charge in [0.2, 0.25) is 12.7 Å². The van der Waals surface area contributed by atoms with Crippen LogP contribution in [0.25, 0.3) is 0 Å². The summed E-state index contributed by atoms with van der Waals surface area (Å²) in [6, 6.07) is 18.0. The molecule has 6 rings (SSSR count). The van der Waals surface area contributed by atoms with Gasteiger partial charge < -0.3 is 19.5 Å². The van der Waals surface area contributed by atoms with Crippen LogP contribution >= 0.6 is 0 Å². The number of carbonyl (C=O) groups excluding carboxylic acids is 1. The van der Waals surface area contributed by atoms with E-state index in [0.29, 0.717) is 11.6 Å². The van der Waals surface area contributed by atoms with Gasteiger partial charge in [-0.3, -0.25) is 9.69 Å². The highest BCUT2D eigenvalue weighted by molar-refractivity contribution is 6.01. The van der Waals surface area contributed by atoms with Gasteiger partial charge in [-0.1, -0.05) is 30.3 Å². The number of aromatic nitrogens is 1. The fourth-order valence-corrected chi connectivity index (χ4v) is 5.32. The Labute approximate surface area is 205 Å². The standard InChI is InChI=1S/C28H29N3O4/c1-33-22-7-3-2-6-21(22)26(31-14-4-5-15-31)19-8-11-25(29-17-19)30-27(32)28(12-13-28)20-9-10-23-24(16-20)35-18-34-23/h2-3,6-11,16-17,26H,4-5,12-15,18H2,1H3,(H,29,30,32). The zero-order valence-electron chi connectivity index (χ0n) is 19.8. The van der Waals surface area contributed by atoms with Gasteiger partial charge >= 0.3 is 0 Å². The van der Waals surface area contributed by atoms with Crippen LogP contribution in [0.3, 0.4) is 0 Å². The van der Waals surface area contributed by atoms with Gasteiger partial charge in [0, 0.05) is 11.8 Å². The number of hydrogen-bond acceptors (Lipinski definition) is 6. The minimum Gasteiger partial charge on any atom is -0.496 e. The van der Waals surface area contributed by atoms with Crippen LogP contribution in [0.15, 0.2) is 60.8 Å². The molecule has 180 valence electrons. The molecular formula is C28H29N3O4. The number of likely N-dealkylation sites (tertiary alicyclic amines) is 1. The van der Waals surface area contributed by atoms with E-state index in [1.165, 1.54) is 12.8 Å². The molecule has 0 bridgehead atoms. The molecule has 3 heterocycles. The molecule has 2 aliphatic heterocycles. The number of rotatable bonds is 7. The van der Waals surface area contributed by atoms with Crippen LogP contribution < -0.4 is 19.5 Å². The second kappa shape index (κ2) is 8.89. The van der Waals surface area contributed by atoms with Crippen LogP contribution in [-0.2, 0) is 10.2 Å². The summed E-state index contributed by atoms with van der Waals surface area (Å²) in [6.45, 7) is 2.31. The third kappa shape index (κ3) is 4.00. The number of ether oxygens (including phenoxy) is 3. The number of pyridine rings is 1. The van der Waals surface area contributed by atoms with Crippen molar-refractivity contribution < 1.29 is 19.0 Å². The number of methoxy groups -OCH3 is 1. The van der Waals surface area contributed by atoms with Gasteiger partial charge in [0.05, 0.1) is 18.6 Å². The van der Waals surface area contributed by atoms with Crippen LogP contribution in [-0.4, -0.2) is 42.8 Å². The molecule has 2 fully saturated rings. The lowest BCUT2D eigenvalue weighted by Crippen LogP contribution is -2.29. The minimum atomic E-state index is -0.531. The Hall–Kier alpha value is -3.58. The third-order valence-electron chi connectivity index (χ3n) is 7.39. The molecule has 1 aromatic heterocycles. The number of fused-ring (bicyclic) bond motifs is 1. The fraction of sp³-hybridized carbons (Fsp3) is 0.357. The lowest BCUT2D eigenvalue weighted by molar-refractivity contribution is -0.118. The molecule has 0 radical (unpaired) electrons. The largest absolute Gasteiger partial charge is 0.496 e. The Morgan fingerprint density at radius 3 is 2.60 bits per heavy atom. The van der Waals surface area contributed by atoms with Gasteiger partial charge in [-0.15, -0.1) is 0 Å². The highest BCUT2D eigenvalue weighted by Crippen LogP contribution is 2.51. The molecule has 1 N–H and O–H groups in total. The summed E-state index contributed by atoms with van der Waals surface area (Å²) in [4.78, 5) is 20.4. The third-order valence-corrected chi connectivity index (χ3v) is 7.39. The Balaban J connectivity index is 1.23. The van der Waals surface area contributed by atoms with E-state index in [9.17, 15) is 4.79 Å². The molecule has 3 aliphatic rings. The van der Waals surface area contributed by atoms with E-state index in [2.05, 4.69) is 27.3 Å². The summed E-state index contributed by atoms with van der Waals surface area (Å²) in [5, 5.41) is 3.05. The van der Waals surface area contributed by atoms with Gasteiger partial charge in [0.15, 0.2) is 11.5 Å². The van der Waals surface area contributed by atoms with E-state index >= 15 is 0 Å². The molecule has 7 heteroatoms. The first-order chi connectivity index (χ1) is 17.2. The molecule has 1 unspecified atom stereocenters. The van der Waals surface area contributed by atoms with Crippen LogP contribution in [0.2, 0.25) is 0 Å². The van der Waals surface area contributed by atoms with E-state index in [0.717, 1.165) is 54.1 Å². The summed E-state index contributed by atoms with van der Waals surface area (Å²) < 4.78 is 16.6. The Morgan fingerprint density at radius 2 is 1.86 bits per heavy atom. The number of nitrogens with one attached hydrogen (secondary N) is 1. The van der Waals surface area contributed by atoms with Crippen LogP contribution in [0.4, 0.5) is 5.82 Å². The summed E-state index contributed by atoms with van der Waals surface area (Å²) in [7, 11) is 1.71. The number of carbonyl (C=O) groups is 1. The van der Waals surface area contributed by atoms with Gasteiger partial charge in [0.1, 0.15) is 11.6 Å². The monoisotopic (exact) mass is 471 g/mol. The zero-order chi connectivity index (χ0) is 23.8. The predicted molar refractivity (Wildman–Crippen MR) is 132 cm³/mol. The summed E-state index contributed by atoms with van der Waals surface area (Å²) >= 11 is 0. The smallest absolute Gasteiger partial charge is 0.236 e. The number of amides is 1. The second-order valence-corrected chi connectivity index (χ2v) is 9.47. The van der Waals surface area contributed by atoms with E-state index in [1.54, 1.807) is 7.11 Å². The van der Waals surface area contributed by atoms with Crippen molar-refractivity contribution in [3.8, 4) is 17.2 Å². The van der Waals surface area contributed by atoms with Crippen molar-refractivity contribution in [3.63, 3.8) is 0 Å². The zero-order valence-corrected chi connectivity index (χ0v) is 19.8. The quantitative estimate of drug-likeness (QED) is 0.540. The summed E-state index contributed by atoms with van der Waals surface area (Å²) in [5.41, 5.74) is 2.65. The average molecular weight is 472 g/mol. The van der Waals surface area contributed by atoms with Gasteiger partial charge in [-0.2, -0.15) is 0 Å². The first-order valence-corrected chi connectivity index (χ1v) is 12.2. The molecule has 1 atom stereocenters. The number of para-hydroxylation sites is 1. The van der Waals surface area contributed by atoms with Crippen molar-refractivity contribution in [2.24, 2.45) is 0 Å². The molecule has 7 nitrogen and oxygen atoms in total. The average Bonchev–Trinajstić information content (AvgIpc) is 3.29. The Kier molecular flexibility index (Phi) is 5.57. The van der Waals surface area contributed by atoms with E-state index in [1.807, 2.05) is 48.7 Å². The number of anilines is 1. The molecule has 1 saturated heterocycles. The molecule has 3 aromatic rings. The van der Waals surface area contributed by atoms with Gasteiger partial charge in [-0.25, -0.2) is 4.98 Å². The van der Waals surface area contributed by atoms with Gasteiger partial charge in [-0.05, 0) is 74.2 Å². The Bertz CT molecular complexity index is 1230. The van der Waals surface area contributed by atoms with Crippen molar-refractivity contribution >= 4 is 11.7 Å². The lowest BCUT2D eigenvalue weighted by Gasteiger charge is -2.29. The molecule has 35 heavy (non-hydrogen) atoms.